The first-order chi connectivity index (χ1) is 5.29. The van der Waals surface area contributed by atoms with Gasteiger partial charge < -0.3 is 4.98 Å². The predicted octanol–water partition coefficient (Wildman–Crippen LogP) is 1.21. The number of hydrogen-bond acceptors (Lipinski definition) is 2. The van der Waals surface area contributed by atoms with Crippen LogP contribution >= 0.6 is 10.5 Å². The second-order valence-electron chi connectivity index (χ2n) is 2.31. The number of fused-ring (bicyclic) bond motifs is 1. The molecule has 2 rings (SSSR count). The van der Waals surface area contributed by atoms with Crippen molar-refractivity contribution < 1.29 is 0 Å². The molecule has 0 fully saturated rings. The lowest BCUT2D eigenvalue weighted by molar-refractivity contribution is 1.18. The molecule has 0 saturated carbocycles. The molecule has 2 aromatic heterocycles. The van der Waals surface area contributed by atoms with Crippen LogP contribution in [0.4, 0.5) is 0 Å². The maximum absolute atomic E-state index is 11.1. The molecule has 1 atom stereocenters. The first-order valence-corrected chi connectivity index (χ1v) is 4.89. The van der Waals surface area contributed by atoms with Crippen molar-refractivity contribution in [2.45, 2.75) is 0 Å². The summed E-state index contributed by atoms with van der Waals surface area (Å²) in [5.74, 6) is 0. The summed E-state index contributed by atoms with van der Waals surface area (Å²) >= 11 is 0. The summed E-state index contributed by atoms with van der Waals surface area (Å²) in [6.07, 6.45) is 3.51. The topological polar surface area (TPSA) is 45.8 Å². The van der Waals surface area contributed by atoms with Gasteiger partial charge in [-0.05, 0) is 0 Å². The van der Waals surface area contributed by atoms with E-state index in [1.807, 2.05) is 11.4 Å². The van der Waals surface area contributed by atoms with Gasteiger partial charge >= 0.3 is 0 Å². The minimum absolute atomic E-state index is 0.0303. The van der Waals surface area contributed by atoms with Crippen LogP contribution < -0.4 is 5.56 Å². The molecule has 1 N–H and O–H groups in total. The van der Waals surface area contributed by atoms with Crippen molar-refractivity contribution in [3.05, 3.63) is 28.1 Å². The summed E-state index contributed by atoms with van der Waals surface area (Å²) in [7, 11) is 0.0303. The molecule has 3 nitrogen and oxygen atoms in total. The van der Waals surface area contributed by atoms with Crippen LogP contribution in [0, 0.1) is 0 Å². The van der Waals surface area contributed by atoms with E-state index < -0.39 is 0 Å². The highest BCUT2D eigenvalue weighted by molar-refractivity contribution is 7.33. The number of rotatable bonds is 0. The third-order valence-electron chi connectivity index (χ3n) is 1.60. The third kappa shape index (κ3) is 0.867. The molecule has 1 unspecified atom stereocenters. The standard InChI is InChI=1S/C7H6N2OS/c1-11-3-2-5-6(10)8-4-9-7(5)11/h2-4H,1H3/p+1. The number of thiophene rings is 1. The number of hydrogen-bond donors (Lipinski definition) is 1. The molecule has 0 aromatic carbocycles. The van der Waals surface area contributed by atoms with Crippen molar-refractivity contribution in [3.8, 4) is 0 Å². The summed E-state index contributed by atoms with van der Waals surface area (Å²) in [5, 5.41) is 2.73. The molecule has 0 bridgehead atoms. The first kappa shape index (κ1) is 6.54. The second-order valence-corrected chi connectivity index (χ2v) is 4.09. The molecule has 2 heterocycles. The molecule has 0 aliphatic rings. The van der Waals surface area contributed by atoms with Crippen molar-refractivity contribution in [3.63, 3.8) is 0 Å². The molecule has 0 saturated heterocycles. The molecule has 4 heteroatoms. The Morgan fingerprint density at radius 2 is 2.45 bits per heavy atom. The molecule has 2 aromatic rings. The van der Waals surface area contributed by atoms with Crippen LogP contribution in [0.1, 0.15) is 0 Å². The zero-order valence-electron chi connectivity index (χ0n) is 6.00. The van der Waals surface area contributed by atoms with Gasteiger partial charge in [0, 0.05) is 16.5 Å². The van der Waals surface area contributed by atoms with Crippen LogP contribution in [-0.2, 0) is 6.26 Å². The fraction of sp³-hybridized carbons (Fsp3) is 0.143. The lowest BCUT2D eigenvalue weighted by Crippen LogP contribution is -2.03. The molecule has 0 aliphatic carbocycles. The fourth-order valence-corrected chi connectivity index (χ4v) is 2.23. The SMILES string of the molecule is C[s+]1ccc2c(=O)[nH]cnc21. The number of aromatic amines is 1. The van der Waals surface area contributed by atoms with Crippen LogP contribution in [0.25, 0.3) is 10.2 Å². The van der Waals surface area contributed by atoms with Gasteiger partial charge in [0.1, 0.15) is 23.3 Å². The summed E-state index contributed by atoms with van der Waals surface area (Å²) in [6.45, 7) is 0. The van der Waals surface area contributed by atoms with Gasteiger partial charge in [-0.3, -0.25) is 4.79 Å². The van der Waals surface area contributed by atoms with Gasteiger partial charge in [-0.2, -0.15) is 4.98 Å². The molecule has 0 spiro atoms. The molecule has 0 amide bonds. The average molecular weight is 167 g/mol. The van der Waals surface area contributed by atoms with E-state index in [2.05, 4.69) is 16.2 Å². The van der Waals surface area contributed by atoms with Crippen molar-refractivity contribution in [1.29, 1.82) is 0 Å². The van der Waals surface area contributed by atoms with E-state index in [0.29, 0.717) is 0 Å². The van der Waals surface area contributed by atoms with Gasteiger partial charge in [-0.25, -0.2) is 0 Å². The predicted molar refractivity (Wildman–Crippen MR) is 45.8 cm³/mol. The Morgan fingerprint density at radius 1 is 1.64 bits per heavy atom. The monoisotopic (exact) mass is 167 g/mol. The van der Waals surface area contributed by atoms with Crippen molar-refractivity contribution >= 4 is 20.7 Å². The Morgan fingerprint density at radius 3 is 3.18 bits per heavy atom. The molecule has 56 valence electrons. The quantitative estimate of drug-likeness (QED) is 0.599. The highest BCUT2D eigenvalue weighted by Gasteiger charge is 2.10. The number of aryl methyl sites for hydroxylation is 1. The first-order valence-electron chi connectivity index (χ1n) is 3.19. The lowest BCUT2D eigenvalue weighted by Gasteiger charge is -1.80. The zero-order chi connectivity index (χ0) is 7.84. The van der Waals surface area contributed by atoms with Gasteiger partial charge in [0.15, 0.2) is 0 Å². The van der Waals surface area contributed by atoms with Crippen molar-refractivity contribution in [2.75, 3.05) is 0 Å². The Labute approximate surface area is 65.7 Å². The van der Waals surface area contributed by atoms with E-state index in [4.69, 9.17) is 0 Å². The van der Waals surface area contributed by atoms with E-state index in [1.165, 1.54) is 6.33 Å². The second kappa shape index (κ2) is 2.17. The molecule has 11 heavy (non-hydrogen) atoms. The highest BCUT2D eigenvalue weighted by atomic mass is 32.2. The largest absolute Gasteiger partial charge is 0.312 e. The zero-order valence-corrected chi connectivity index (χ0v) is 6.81. The van der Waals surface area contributed by atoms with Gasteiger partial charge in [0.2, 0.25) is 0 Å². The Bertz CT molecular complexity index is 443. The molecular weight excluding hydrogens is 160 g/mol. The third-order valence-corrected chi connectivity index (χ3v) is 3.08. The van der Waals surface area contributed by atoms with E-state index in [0.717, 1.165) is 10.2 Å². The normalized spacial score (nSPS) is 12.3. The Balaban J connectivity index is 3.06. The average Bonchev–Trinajstić information content (AvgIpc) is 2.35. The molecule has 0 radical (unpaired) electrons. The van der Waals surface area contributed by atoms with Gasteiger partial charge in [-0.1, -0.05) is 0 Å². The van der Waals surface area contributed by atoms with E-state index in [1.54, 1.807) is 0 Å². The highest BCUT2D eigenvalue weighted by Crippen LogP contribution is 2.23. The molecule has 0 aliphatic heterocycles. The smallest absolute Gasteiger partial charge is 0.280 e. The number of aromatic nitrogens is 2. The van der Waals surface area contributed by atoms with Crippen molar-refractivity contribution in [2.24, 2.45) is 6.26 Å². The number of nitrogens with zero attached hydrogens (tertiary/aromatic N) is 1. The minimum atomic E-state index is -0.0388. The summed E-state index contributed by atoms with van der Waals surface area (Å²) in [5.41, 5.74) is -0.0388. The number of nitrogens with one attached hydrogen (secondary N) is 1. The van der Waals surface area contributed by atoms with Crippen LogP contribution in [0.5, 0.6) is 0 Å². The van der Waals surface area contributed by atoms with Crippen LogP contribution in [0.15, 0.2) is 22.6 Å². The van der Waals surface area contributed by atoms with Gasteiger partial charge in [-0.15, -0.1) is 0 Å². The Hall–Kier alpha value is -1.16. The van der Waals surface area contributed by atoms with Gasteiger partial charge in [0.25, 0.3) is 10.4 Å². The van der Waals surface area contributed by atoms with Crippen LogP contribution in [0.2, 0.25) is 0 Å². The van der Waals surface area contributed by atoms with Crippen LogP contribution in [0.3, 0.4) is 0 Å². The molecular formula is C7H7N2OS+. The summed E-state index contributed by atoms with van der Waals surface area (Å²) < 4.78 is 0. The summed E-state index contributed by atoms with van der Waals surface area (Å²) in [6, 6.07) is 1.84. The van der Waals surface area contributed by atoms with E-state index in [9.17, 15) is 4.79 Å². The maximum atomic E-state index is 11.1. The van der Waals surface area contributed by atoms with E-state index >= 15 is 0 Å². The minimum Gasteiger partial charge on any atom is -0.312 e. The maximum Gasteiger partial charge on any atom is 0.280 e. The van der Waals surface area contributed by atoms with Crippen molar-refractivity contribution in [1.82, 2.24) is 9.97 Å². The van der Waals surface area contributed by atoms with Crippen LogP contribution in [-0.4, -0.2) is 9.97 Å². The lowest BCUT2D eigenvalue weighted by atomic mass is 10.4. The fourth-order valence-electron chi connectivity index (χ4n) is 1.03. The Kier molecular flexibility index (Phi) is 1.29. The summed E-state index contributed by atoms with van der Waals surface area (Å²) in [4.78, 5) is 18.7. The van der Waals surface area contributed by atoms with Gasteiger partial charge in [0.05, 0.1) is 0 Å². The van der Waals surface area contributed by atoms with E-state index in [-0.39, 0.29) is 16.0 Å². The number of H-pyrrole nitrogens is 1.